The van der Waals surface area contributed by atoms with Crippen molar-refractivity contribution in [1.82, 2.24) is 0 Å². The lowest BCUT2D eigenvalue weighted by Crippen LogP contribution is -2.39. The summed E-state index contributed by atoms with van der Waals surface area (Å²) in [6, 6.07) is 0. The third kappa shape index (κ3) is 2.67. The quantitative estimate of drug-likeness (QED) is 0.528. The van der Waals surface area contributed by atoms with Crippen molar-refractivity contribution < 1.29 is 18.3 Å². The first-order valence-electron chi connectivity index (χ1n) is 5.54. The number of carbonyl (C=O) groups excluding carboxylic acids is 1. The average molecular weight is 220 g/mol. The minimum Gasteiger partial charge on any atom is -0.466 e. The number of hydrogen-bond acceptors (Lipinski definition) is 2. The fourth-order valence-electron chi connectivity index (χ4n) is 2.05. The van der Waals surface area contributed by atoms with Gasteiger partial charge in [-0.25, -0.2) is 8.78 Å². The van der Waals surface area contributed by atoms with Gasteiger partial charge in [0, 0.05) is 5.92 Å². The fraction of sp³-hybridized carbons (Fsp3) is 0.909. The van der Waals surface area contributed by atoms with Crippen molar-refractivity contribution in [3.8, 4) is 0 Å². The maximum Gasteiger partial charge on any atom is 0.315 e. The highest BCUT2D eigenvalue weighted by Crippen LogP contribution is 2.41. The number of alkyl halides is 2. The standard InChI is InChI=1S/C11H18F2O2/c1-3-15-10(14)9-7-5-4-6-8(2)11(9,12)13/h8-9H,3-7H2,1-2H3/t8-,9?/m1/s1. The summed E-state index contributed by atoms with van der Waals surface area (Å²) in [7, 11) is 0. The Balaban J connectivity index is 2.78. The van der Waals surface area contributed by atoms with Gasteiger partial charge in [0.05, 0.1) is 6.61 Å². The Kier molecular flexibility index (Phi) is 4.05. The average Bonchev–Trinajstić information content (AvgIpc) is 2.28. The van der Waals surface area contributed by atoms with Crippen LogP contribution in [0.5, 0.6) is 0 Å². The third-order valence-electron chi connectivity index (χ3n) is 3.07. The number of ether oxygens (including phenoxy) is 1. The molecule has 0 saturated heterocycles. The normalized spacial score (nSPS) is 30.7. The fourth-order valence-corrected chi connectivity index (χ4v) is 2.05. The van der Waals surface area contributed by atoms with Crippen LogP contribution in [-0.2, 0) is 9.53 Å². The zero-order valence-corrected chi connectivity index (χ0v) is 9.26. The number of carbonyl (C=O) groups is 1. The van der Waals surface area contributed by atoms with Crippen molar-refractivity contribution >= 4 is 5.97 Å². The van der Waals surface area contributed by atoms with Crippen LogP contribution >= 0.6 is 0 Å². The van der Waals surface area contributed by atoms with Gasteiger partial charge in [0.25, 0.3) is 5.92 Å². The zero-order chi connectivity index (χ0) is 11.5. The van der Waals surface area contributed by atoms with E-state index in [4.69, 9.17) is 4.74 Å². The number of esters is 1. The first kappa shape index (κ1) is 12.4. The maximum atomic E-state index is 13.8. The van der Waals surface area contributed by atoms with Crippen molar-refractivity contribution in [2.45, 2.75) is 45.5 Å². The van der Waals surface area contributed by atoms with Gasteiger partial charge in [-0.15, -0.1) is 0 Å². The molecule has 2 atom stereocenters. The summed E-state index contributed by atoms with van der Waals surface area (Å²) in [5, 5.41) is 0. The monoisotopic (exact) mass is 220 g/mol. The smallest absolute Gasteiger partial charge is 0.315 e. The molecule has 0 aliphatic heterocycles. The second-order valence-electron chi connectivity index (χ2n) is 4.16. The van der Waals surface area contributed by atoms with Crippen molar-refractivity contribution in [3.63, 3.8) is 0 Å². The summed E-state index contributed by atoms with van der Waals surface area (Å²) in [4.78, 5) is 11.4. The molecule has 2 nitrogen and oxygen atoms in total. The molecule has 1 saturated carbocycles. The van der Waals surface area contributed by atoms with Crippen molar-refractivity contribution in [3.05, 3.63) is 0 Å². The van der Waals surface area contributed by atoms with Crippen LogP contribution in [0.2, 0.25) is 0 Å². The molecule has 4 heteroatoms. The minimum absolute atomic E-state index is 0.166. The highest BCUT2D eigenvalue weighted by Gasteiger charge is 2.49. The van der Waals surface area contributed by atoms with Gasteiger partial charge in [0.15, 0.2) is 0 Å². The van der Waals surface area contributed by atoms with E-state index in [1.807, 2.05) is 0 Å². The van der Waals surface area contributed by atoms with E-state index < -0.39 is 23.7 Å². The van der Waals surface area contributed by atoms with Crippen LogP contribution in [0.1, 0.15) is 39.5 Å². The highest BCUT2D eigenvalue weighted by molar-refractivity contribution is 5.73. The molecule has 15 heavy (non-hydrogen) atoms. The van der Waals surface area contributed by atoms with Gasteiger partial charge in [-0.1, -0.05) is 19.8 Å². The van der Waals surface area contributed by atoms with E-state index in [-0.39, 0.29) is 13.0 Å². The van der Waals surface area contributed by atoms with Crippen LogP contribution in [0.4, 0.5) is 8.78 Å². The molecular formula is C11H18F2O2. The van der Waals surface area contributed by atoms with Crippen molar-refractivity contribution in [1.29, 1.82) is 0 Å². The Hall–Kier alpha value is -0.670. The molecule has 0 spiro atoms. The van der Waals surface area contributed by atoms with Crippen LogP contribution in [0.25, 0.3) is 0 Å². The molecule has 88 valence electrons. The Morgan fingerprint density at radius 1 is 1.40 bits per heavy atom. The van der Waals surface area contributed by atoms with Crippen LogP contribution < -0.4 is 0 Å². The molecule has 0 amide bonds. The van der Waals surface area contributed by atoms with Crippen LogP contribution in [0.3, 0.4) is 0 Å². The molecule has 0 bridgehead atoms. The Morgan fingerprint density at radius 3 is 2.60 bits per heavy atom. The summed E-state index contributed by atoms with van der Waals surface area (Å²) in [6.45, 7) is 3.31. The van der Waals surface area contributed by atoms with E-state index in [9.17, 15) is 13.6 Å². The van der Waals surface area contributed by atoms with Crippen LogP contribution in [0, 0.1) is 11.8 Å². The van der Waals surface area contributed by atoms with E-state index in [1.54, 1.807) is 6.92 Å². The molecule has 0 aromatic rings. The van der Waals surface area contributed by atoms with Gasteiger partial charge in [-0.05, 0) is 19.8 Å². The maximum absolute atomic E-state index is 13.8. The number of hydrogen-bond donors (Lipinski definition) is 0. The first-order chi connectivity index (χ1) is 7.00. The van der Waals surface area contributed by atoms with Gasteiger partial charge in [-0.3, -0.25) is 4.79 Å². The van der Waals surface area contributed by atoms with Crippen LogP contribution in [-0.4, -0.2) is 18.5 Å². The summed E-state index contributed by atoms with van der Waals surface area (Å²) in [5.41, 5.74) is 0. The van der Waals surface area contributed by atoms with E-state index >= 15 is 0 Å². The zero-order valence-electron chi connectivity index (χ0n) is 9.26. The second kappa shape index (κ2) is 4.90. The highest BCUT2D eigenvalue weighted by atomic mass is 19.3. The lowest BCUT2D eigenvalue weighted by Gasteiger charge is -2.27. The Morgan fingerprint density at radius 2 is 2.00 bits per heavy atom. The van der Waals surface area contributed by atoms with E-state index in [1.165, 1.54) is 6.92 Å². The predicted molar refractivity (Wildman–Crippen MR) is 52.7 cm³/mol. The summed E-state index contributed by atoms with van der Waals surface area (Å²) in [6.07, 6.45) is 2.19. The summed E-state index contributed by atoms with van der Waals surface area (Å²) in [5.74, 6) is -5.62. The SMILES string of the molecule is CCOC(=O)C1CCCC[C@@H](C)C1(F)F. The summed E-state index contributed by atoms with van der Waals surface area (Å²) < 4.78 is 32.3. The van der Waals surface area contributed by atoms with E-state index in [0.717, 1.165) is 6.42 Å². The lowest BCUT2D eigenvalue weighted by molar-refractivity contribution is -0.170. The molecule has 0 aromatic carbocycles. The Bertz CT molecular complexity index is 229. The summed E-state index contributed by atoms with van der Waals surface area (Å²) >= 11 is 0. The topological polar surface area (TPSA) is 26.3 Å². The molecule has 1 unspecified atom stereocenters. The van der Waals surface area contributed by atoms with Gasteiger partial charge in [0.2, 0.25) is 0 Å². The van der Waals surface area contributed by atoms with Gasteiger partial charge < -0.3 is 4.74 Å². The molecule has 1 aliphatic carbocycles. The number of rotatable bonds is 2. The van der Waals surface area contributed by atoms with Crippen molar-refractivity contribution in [2.24, 2.45) is 11.8 Å². The minimum atomic E-state index is -2.91. The molecule has 0 radical (unpaired) electrons. The Labute approximate surface area is 89.0 Å². The first-order valence-corrected chi connectivity index (χ1v) is 5.54. The number of halogens is 2. The predicted octanol–water partition coefficient (Wildman–Crippen LogP) is 3.01. The van der Waals surface area contributed by atoms with E-state index in [0.29, 0.717) is 12.8 Å². The molecule has 0 heterocycles. The molecule has 1 aliphatic rings. The van der Waals surface area contributed by atoms with Gasteiger partial charge >= 0.3 is 5.97 Å². The third-order valence-corrected chi connectivity index (χ3v) is 3.07. The largest absolute Gasteiger partial charge is 0.466 e. The molecule has 0 N–H and O–H groups in total. The van der Waals surface area contributed by atoms with Crippen LogP contribution in [0.15, 0.2) is 0 Å². The molecule has 1 fully saturated rings. The molecule has 0 aromatic heterocycles. The van der Waals surface area contributed by atoms with Gasteiger partial charge in [0.1, 0.15) is 5.92 Å². The second-order valence-corrected chi connectivity index (χ2v) is 4.16. The van der Waals surface area contributed by atoms with Gasteiger partial charge in [-0.2, -0.15) is 0 Å². The van der Waals surface area contributed by atoms with Crippen molar-refractivity contribution in [2.75, 3.05) is 6.61 Å². The molecular weight excluding hydrogens is 202 g/mol. The van der Waals surface area contributed by atoms with E-state index in [2.05, 4.69) is 0 Å². The molecule has 1 rings (SSSR count). The lowest BCUT2D eigenvalue weighted by atomic mass is 9.89.